The summed E-state index contributed by atoms with van der Waals surface area (Å²) < 4.78 is 13.4. The predicted molar refractivity (Wildman–Crippen MR) is 109 cm³/mol. The fraction of sp³-hybridized carbons (Fsp3) is 0.0909. The number of carbonyl (C=O) groups is 1. The van der Waals surface area contributed by atoms with Crippen LogP contribution in [0.1, 0.15) is 21.5 Å². The highest BCUT2D eigenvalue weighted by atomic mass is 32.1. The highest BCUT2D eigenvalue weighted by molar-refractivity contribution is 7.80. The van der Waals surface area contributed by atoms with Gasteiger partial charge in [-0.2, -0.15) is 0 Å². The molecule has 0 unspecified atom stereocenters. The maximum atomic E-state index is 13.4. The lowest BCUT2D eigenvalue weighted by Gasteiger charge is -2.26. The van der Waals surface area contributed by atoms with Crippen molar-refractivity contribution in [2.75, 3.05) is 0 Å². The van der Waals surface area contributed by atoms with E-state index < -0.39 is 11.7 Å². The number of hydrogen-bond donors (Lipinski definition) is 1. The van der Waals surface area contributed by atoms with Crippen LogP contribution in [0.4, 0.5) is 4.39 Å². The minimum atomic E-state index is -0.459. The third kappa shape index (κ3) is 5.46. The van der Waals surface area contributed by atoms with Crippen molar-refractivity contribution in [3.63, 3.8) is 0 Å². The van der Waals surface area contributed by atoms with Crippen LogP contribution >= 0.6 is 12.2 Å². The van der Waals surface area contributed by atoms with Gasteiger partial charge in [0.15, 0.2) is 5.11 Å². The molecule has 3 rings (SSSR count). The number of rotatable bonds is 5. The van der Waals surface area contributed by atoms with Gasteiger partial charge in [-0.25, -0.2) is 4.39 Å². The Hall–Kier alpha value is -3.05. The lowest BCUT2D eigenvalue weighted by atomic mass is 10.2. The van der Waals surface area contributed by atoms with E-state index in [1.807, 2.05) is 65.6 Å². The molecule has 0 aliphatic heterocycles. The summed E-state index contributed by atoms with van der Waals surface area (Å²) in [6, 6.07) is 25.3. The zero-order valence-electron chi connectivity index (χ0n) is 14.6. The minimum Gasteiger partial charge on any atom is -0.340 e. The molecule has 0 saturated heterocycles. The van der Waals surface area contributed by atoms with Crippen molar-refractivity contribution >= 4 is 23.2 Å². The first kappa shape index (κ1) is 18.7. The Morgan fingerprint density at radius 3 is 1.93 bits per heavy atom. The Balaban J connectivity index is 1.76. The summed E-state index contributed by atoms with van der Waals surface area (Å²) in [6.45, 7) is 1.11. The fourth-order valence-electron chi connectivity index (χ4n) is 2.69. The smallest absolute Gasteiger partial charge is 0.257 e. The first-order chi connectivity index (χ1) is 13.1. The molecule has 3 aromatic rings. The molecule has 3 aromatic carbocycles. The molecular formula is C22H19FN2OS. The van der Waals surface area contributed by atoms with Gasteiger partial charge in [0.25, 0.3) is 5.91 Å². The van der Waals surface area contributed by atoms with Crippen LogP contribution in [0.2, 0.25) is 0 Å². The lowest BCUT2D eigenvalue weighted by Crippen LogP contribution is -2.42. The van der Waals surface area contributed by atoms with Gasteiger partial charge in [-0.15, -0.1) is 0 Å². The SMILES string of the molecule is O=C(NC(=S)N(Cc1ccccc1)Cc1ccccc1)c1cccc(F)c1. The summed E-state index contributed by atoms with van der Waals surface area (Å²) in [5.74, 6) is -0.885. The van der Waals surface area contributed by atoms with Gasteiger partial charge < -0.3 is 4.90 Å². The molecule has 0 fully saturated rings. The van der Waals surface area contributed by atoms with Crippen molar-refractivity contribution in [3.05, 3.63) is 107 Å². The third-order valence-electron chi connectivity index (χ3n) is 4.03. The Kier molecular flexibility index (Phi) is 6.28. The molecule has 0 aliphatic carbocycles. The van der Waals surface area contributed by atoms with Gasteiger partial charge >= 0.3 is 0 Å². The van der Waals surface area contributed by atoms with Crippen molar-refractivity contribution in [1.82, 2.24) is 10.2 Å². The number of nitrogens with one attached hydrogen (secondary N) is 1. The van der Waals surface area contributed by atoms with Crippen LogP contribution < -0.4 is 5.32 Å². The second kappa shape index (κ2) is 9.05. The molecule has 1 N–H and O–H groups in total. The number of halogens is 1. The molecule has 0 saturated carbocycles. The zero-order chi connectivity index (χ0) is 19.1. The van der Waals surface area contributed by atoms with Gasteiger partial charge in [0.05, 0.1) is 0 Å². The standard InChI is InChI=1S/C22H19FN2OS/c23-20-13-7-12-19(14-20)21(26)24-22(27)25(15-17-8-3-1-4-9-17)16-18-10-5-2-6-11-18/h1-14H,15-16H2,(H,24,26,27). The number of benzene rings is 3. The summed E-state index contributed by atoms with van der Waals surface area (Å²) in [5.41, 5.74) is 2.39. The first-order valence-electron chi connectivity index (χ1n) is 8.55. The van der Waals surface area contributed by atoms with Crippen LogP contribution in [0.25, 0.3) is 0 Å². The van der Waals surface area contributed by atoms with E-state index in [9.17, 15) is 9.18 Å². The Bertz CT molecular complexity index is 874. The molecule has 0 aromatic heterocycles. The average molecular weight is 378 g/mol. The molecule has 27 heavy (non-hydrogen) atoms. The number of amides is 1. The topological polar surface area (TPSA) is 32.3 Å². The van der Waals surface area contributed by atoms with Crippen LogP contribution in [0.5, 0.6) is 0 Å². The molecule has 0 atom stereocenters. The highest BCUT2D eigenvalue weighted by Gasteiger charge is 2.15. The van der Waals surface area contributed by atoms with Crippen LogP contribution in [-0.2, 0) is 13.1 Å². The molecule has 0 heterocycles. The predicted octanol–water partition coefficient (Wildman–Crippen LogP) is 4.54. The van der Waals surface area contributed by atoms with Crippen molar-refractivity contribution < 1.29 is 9.18 Å². The molecule has 1 amide bonds. The summed E-state index contributed by atoms with van der Waals surface area (Å²) in [4.78, 5) is 14.3. The van der Waals surface area contributed by atoms with Crippen molar-refractivity contribution in [1.29, 1.82) is 0 Å². The van der Waals surface area contributed by atoms with Crippen LogP contribution in [0.15, 0.2) is 84.9 Å². The molecule has 0 spiro atoms. The van der Waals surface area contributed by atoms with E-state index >= 15 is 0 Å². The van der Waals surface area contributed by atoms with E-state index in [1.54, 1.807) is 6.07 Å². The van der Waals surface area contributed by atoms with Crippen molar-refractivity contribution in [3.8, 4) is 0 Å². The van der Waals surface area contributed by atoms with Crippen LogP contribution in [-0.4, -0.2) is 15.9 Å². The van der Waals surface area contributed by atoms with Gasteiger partial charge in [-0.05, 0) is 41.5 Å². The quantitative estimate of drug-likeness (QED) is 0.662. The summed E-state index contributed by atoms with van der Waals surface area (Å²) in [6.07, 6.45) is 0. The van der Waals surface area contributed by atoms with Crippen molar-refractivity contribution in [2.24, 2.45) is 0 Å². The van der Waals surface area contributed by atoms with Crippen LogP contribution in [0, 0.1) is 5.82 Å². The fourth-order valence-corrected chi connectivity index (χ4v) is 2.91. The Labute approximate surface area is 163 Å². The number of carbonyl (C=O) groups excluding carboxylic acids is 1. The molecular weight excluding hydrogens is 359 g/mol. The van der Waals surface area contributed by atoms with E-state index in [4.69, 9.17) is 12.2 Å². The maximum Gasteiger partial charge on any atom is 0.257 e. The van der Waals surface area contributed by atoms with Crippen molar-refractivity contribution in [2.45, 2.75) is 13.1 Å². The van der Waals surface area contributed by atoms with E-state index in [-0.39, 0.29) is 5.56 Å². The van der Waals surface area contributed by atoms with Crippen LogP contribution in [0.3, 0.4) is 0 Å². The number of hydrogen-bond acceptors (Lipinski definition) is 2. The summed E-state index contributed by atoms with van der Waals surface area (Å²) >= 11 is 5.48. The van der Waals surface area contributed by atoms with E-state index in [0.717, 1.165) is 11.1 Å². The number of thiocarbonyl (C=S) groups is 1. The zero-order valence-corrected chi connectivity index (χ0v) is 15.5. The normalized spacial score (nSPS) is 10.3. The molecule has 0 bridgehead atoms. The van der Waals surface area contributed by atoms with Gasteiger partial charge in [-0.1, -0.05) is 66.7 Å². The summed E-state index contributed by atoms with van der Waals surface area (Å²) in [5, 5.41) is 3.02. The van der Waals surface area contributed by atoms with Gasteiger partial charge in [-0.3, -0.25) is 10.1 Å². The van der Waals surface area contributed by atoms with E-state index in [2.05, 4.69) is 5.32 Å². The first-order valence-corrected chi connectivity index (χ1v) is 8.96. The molecule has 3 nitrogen and oxygen atoms in total. The summed E-state index contributed by atoms with van der Waals surface area (Å²) in [7, 11) is 0. The second-order valence-corrected chi connectivity index (χ2v) is 6.48. The van der Waals surface area contributed by atoms with E-state index in [1.165, 1.54) is 18.2 Å². The van der Waals surface area contributed by atoms with E-state index in [0.29, 0.717) is 18.2 Å². The molecule has 0 aliphatic rings. The average Bonchev–Trinajstić information content (AvgIpc) is 2.69. The monoisotopic (exact) mass is 378 g/mol. The highest BCUT2D eigenvalue weighted by Crippen LogP contribution is 2.11. The Morgan fingerprint density at radius 1 is 0.852 bits per heavy atom. The van der Waals surface area contributed by atoms with Gasteiger partial charge in [0.2, 0.25) is 0 Å². The molecule has 136 valence electrons. The maximum absolute atomic E-state index is 13.4. The molecule has 5 heteroatoms. The van der Waals surface area contributed by atoms with Gasteiger partial charge in [0, 0.05) is 18.7 Å². The molecule has 0 radical (unpaired) electrons. The largest absolute Gasteiger partial charge is 0.340 e. The third-order valence-corrected chi connectivity index (χ3v) is 4.39. The lowest BCUT2D eigenvalue weighted by molar-refractivity contribution is 0.0972. The number of nitrogens with zero attached hydrogens (tertiary/aromatic N) is 1. The second-order valence-electron chi connectivity index (χ2n) is 6.10. The Morgan fingerprint density at radius 2 is 1.41 bits per heavy atom. The van der Waals surface area contributed by atoms with Gasteiger partial charge in [0.1, 0.15) is 5.82 Å². The minimum absolute atomic E-state index is 0.233.